The van der Waals surface area contributed by atoms with Crippen LogP contribution < -0.4 is 10.6 Å². The van der Waals surface area contributed by atoms with Gasteiger partial charge < -0.3 is 15.4 Å². The van der Waals surface area contributed by atoms with Crippen molar-refractivity contribution in [2.75, 3.05) is 20.1 Å². The number of nitrogens with zero attached hydrogens (tertiary/aromatic N) is 1. The third-order valence-electron chi connectivity index (χ3n) is 6.25. The van der Waals surface area contributed by atoms with Gasteiger partial charge in [0, 0.05) is 32.5 Å². The zero-order valence-electron chi connectivity index (χ0n) is 19.0. The fraction of sp³-hybridized carbons (Fsp3) is 0.783. The molecule has 0 aromatic carbocycles. The van der Waals surface area contributed by atoms with Crippen molar-refractivity contribution in [3.05, 3.63) is 12.2 Å². The Kier molecular flexibility index (Phi) is 11.0. The molecule has 2 saturated heterocycles. The Balaban J connectivity index is 1.68. The van der Waals surface area contributed by atoms with Crippen LogP contribution in [0.25, 0.3) is 0 Å². The molecule has 3 amide bonds. The van der Waals surface area contributed by atoms with Gasteiger partial charge in [-0.15, -0.1) is 0 Å². The largest absolute Gasteiger partial charge is 0.374 e. The number of unbranched alkanes of at least 4 members (excludes halogenated alkanes) is 3. The van der Waals surface area contributed by atoms with E-state index in [0.29, 0.717) is 36.9 Å². The van der Waals surface area contributed by atoms with Crippen molar-refractivity contribution in [2.45, 2.75) is 83.3 Å². The molecule has 2 aliphatic rings. The first-order chi connectivity index (χ1) is 14.9. The summed E-state index contributed by atoms with van der Waals surface area (Å²) in [6, 6.07) is 0. The van der Waals surface area contributed by atoms with Gasteiger partial charge in [0.1, 0.15) is 6.42 Å². The van der Waals surface area contributed by atoms with Crippen molar-refractivity contribution in [3.8, 4) is 0 Å². The number of ether oxygens (including phenoxy) is 1. The SMILES string of the molecule is CCCCCNC(=O)CC(=O)NC[C@H]1[C@@H](C/C=C\CCCC(=O)N(C)O)[C@H]2CC[C@@H]1O2. The van der Waals surface area contributed by atoms with Crippen LogP contribution in [0.4, 0.5) is 0 Å². The first-order valence-corrected chi connectivity index (χ1v) is 11.7. The van der Waals surface area contributed by atoms with Crippen molar-refractivity contribution in [1.82, 2.24) is 15.7 Å². The average Bonchev–Trinajstić information content (AvgIpc) is 3.33. The lowest BCUT2D eigenvalue weighted by atomic mass is 9.77. The van der Waals surface area contributed by atoms with E-state index in [1.165, 1.54) is 7.05 Å². The van der Waals surface area contributed by atoms with Gasteiger partial charge in [-0.3, -0.25) is 19.6 Å². The van der Waals surface area contributed by atoms with Crippen molar-refractivity contribution in [2.24, 2.45) is 11.8 Å². The molecule has 8 heteroatoms. The molecule has 2 bridgehead atoms. The normalized spacial score (nSPS) is 24.5. The molecule has 31 heavy (non-hydrogen) atoms. The highest BCUT2D eigenvalue weighted by Crippen LogP contribution is 2.44. The lowest BCUT2D eigenvalue weighted by molar-refractivity contribution is -0.159. The predicted molar refractivity (Wildman–Crippen MR) is 117 cm³/mol. The summed E-state index contributed by atoms with van der Waals surface area (Å²) in [4.78, 5) is 35.4. The van der Waals surface area contributed by atoms with Gasteiger partial charge in [0.05, 0.1) is 12.2 Å². The standard InChI is InChI=1S/C23H39N3O5/c1-3-4-9-14-24-21(27)15-22(28)25-16-18-17(19-12-13-20(18)31-19)10-7-5-6-8-11-23(29)26(2)30/h5,7,17-20,30H,3-4,6,8-16H2,1-2H3,(H,24,27)(H,25,28)/b7-5-/t17-,18+,19-,20+/m1/s1. The van der Waals surface area contributed by atoms with Gasteiger partial charge >= 0.3 is 0 Å². The summed E-state index contributed by atoms with van der Waals surface area (Å²) < 4.78 is 6.08. The number of amides is 3. The second-order valence-electron chi connectivity index (χ2n) is 8.67. The van der Waals surface area contributed by atoms with Crippen LogP contribution in [0.15, 0.2) is 12.2 Å². The number of nitrogens with one attached hydrogen (secondary N) is 2. The highest BCUT2D eigenvalue weighted by atomic mass is 16.5. The molecular formula is C23H39N3O5. The molecule has 2 rings (SSSR count). The Hall–Kier alpha value is -1.93. The molecule has 4 atom stereocenters. The molecule has 0 unspecified atom stereocenters. The molecule has 2 fully saturated rings. The second kappa shape index (κ2) is 13.5. The van der Waals surface area contributed by atoms with Crippen molar-refractivity contribution >= 4 is 17.7 Å². The van der Waals surface area contributed by atoms with Crippen LogP contribution in [0.2, 0.25) is 0 Å². The Labute approximate surface area is 185 Å². The molecule has 0 aliphatic carbocycles. The number of hydroxylamine groups is 2. The summed E-state index contributed by atoms with van der Waals surface area (Å²) in [6.07, 6.45) is 12.4. The number of rotatable bonds is 14. The number of carbonyl (C=O) groups excluding carboxylic acids is 3. The smallest absolute Gasteiger partial charge is 0.245 e. The minimum atomic E-state index is -0.277. The van der Waals surface area contributed by atoms with Crippen LogP contribution in [0.3, 0.4) is 0 Å². The summed E-state index contributed by atoms with van der Waals surface area (Å²) in [5.41, 5.74) is 0. The van der Waals surface area contributed by atoms with E-state index >= 15 is 0 Å². The minimum absolute atomic E-state index is 0.125. The molecule has 8 nitrogen and oxygen atoms in total. The molecule has 0 aromatic heterocycles. The van der Waals surface area contributed by atoms with Gasteiger partial charge in [-0.05, 0) is 44.4 Å². The first kappa shape index (κ1) is 25.3. The van der Waals surface area contributed by atoms with E-state index in [9.17, 15) is 14.4 Å². The molecular weight excluding hydrogens is 398 g/mol. The quantitative estimate of drug-likeness (QED) is 0.127. The summed E-state index contributed by atoms with van der Waals surface area (Å²) in [5.74, 6) is -0.0972. The Morgan fingerprint density at radius 1 is 1.03 bits per heavy atom. The maximum atomic E-state index is 12.2. The third-order valence-corrected chi connectivity index (χ3v) is 6.25. The topological polar surface area (TPSA) is 108 Å². The summed E-state index contributed by atoms with van der Waals surface area (Å²) in [6.45, 7) is 3.27. The zero-order chi connectivity index (χ0) is 22.6. The Morgan fingerprint density at radius 2 is 1.74 bits per heavy atom. The van der Waals surface area contributed by atoms with E-state index in [4.69, 9.17) is 9.94 Å². The van der Waals surface area contributed by atoms with Crippen molar-refractivity contribution < 1.29 is 24.3 Å². The van der Waals surface area contributed by atoms with E-state index in [0.717, 1.165) is 44.9 Å². The Morgan fingerprint density at radius 3 is 2.45 bits per heavy atom. The fourth-order valence-electron chi connectivity index (χ4n) is 4.49. The number of fused-ring (bicyclic) bond motifs is 2. The summed E-state index contributed by atoms with van der Waals surface area (Å²) in [7, 11) is 1.34. The molecule has 0 spiro atoms. The van der Waals surface area contributed by atoms with Gasteiger partial charge in [0.15, 0.2) is 0 Å². The van der Waals surface area contributed by atoms with E-state index in [1.807, 2.05) is 0 Å². The maximum Gasteiger partial charge on any atom is 0.245 e. The Bertz CT molecular complexity index is 622. The molecule has 2 heterocycles. The molecule has 0 saturated carbocycles. The highest BCUT2D eigenvalue weighted by Gasteiger charge is 2.47. The fourth-order valence-corrected chi connectivity index (χ4v) is 4.49. The van der Waals surface area contributed by atoms with Crippen LogP contribution in [-0.2, 0) is 19.1 Å². The van der Waals surface area contributed by atoms with Crippen LogP contribution in [0.5, 0.6) is 0 Å². The van der Waals surface area contributed by atoms with Gasteiger partial charge in [0.2, 0.25) is 17.7 Å². The first-order valence-electron chi connectivity index (χ1n) is 11.7. The average molecular weight is 438 g/mol. The predicted octanol–water partition coefficient (Wildman–Crippen LogP) is 2.56. The lowest BCUT2D eigenvalue weighted by Gasteiger charge is -2.27. The van der Waals surface area contributed by atoms with Gasteiger partial charge in [-0.25, -0.2) is 5.06 Å². The summed E-state index contributed by atoms with van der Waals surface area (Å²) >= 11 is 0. The second-order valence-corrected chi connectivity index (χ2v) is 8.67. The number of hydrogen-bond donors (Lipinski definition) is 3. The monoisotopic (exact) mass is 437 g/mol. The summed E-state index contributed by atoms with van der Waals surface area (Å²) in [5, 5.41) is 15.4. The van der Waals surface area contributed by atoms with E-state index < -0.39 is 0 Å². The van der Waals surface area contributed by atoms with E-state index in [1.54, 1.807) is 0 Å². The molecule has 3 N–H and O–H groups in total. The van der Waals surface area contributed by atoms with Crippen LogP contribution in [0.1, 0.15) is 71.1 Å². The number of carbonyl (C=O) groups is 3. The zero-order valence-corrected chi connectivity index (χ0v) is 19.0. The lowest BCUT2D eigenvalue weighted by Crippen LogP contribution is -2.39. The minimum Gasteiger partial charge on any atom is -0.374 e. The number of allylic oxidation sites excluding steroid dienone is 2. The van der Waals surface area contributed by atoms with E-state index in [-0.39, 0.29) is 42.3 Å². The molecule has 2 aliphatic heterocycles. The third kappa shape index (κ3) is 8.61. The van der Waals surface area contributed by atoms with Crippen LogP contribution in [-0.4, -0.2) is 60.3 Å². The number of hydrogen-bond acceptors (Lipinski definition) is 5. The van der Waals surface area contributed by atoms with E-state index in [2.05, 4.69) is 29.7 Å². The maximum absolute atomic E-state index is 12.2. The van der Waals surface area contributed by atoms with Crippen LogP contribution >= 0.6 is 0 Å². The van der Waals surface area contributed by atoms with Gasteiger partial charge in [-0.1, -0.05) is 31.9 Å². The molecule has 0 aromatic rings. The van der Waals surface area contributed by atoms with Crippen LogP contribution in [0, 0.1) is 11.8 Å². The van der Waals surface area contributed by atoms with Crippen molar-refractivity contribution in [1.29, 1.82) is 0 Å². The van der Waals surface area contributed by atoms with Gasteiger partial charge in [0.25, 0.3) is 0 Å². The van der Waals surface area contributed by atoms with Gasteiger partial charge in [-0.2, -0.15) is 0 Å². The van der Waals surface area contributed by atoms with Crippen molar-refractivity contribution in [3.63, 3.8) is 0 Å². The molecule has 0 radical (unpaired) electrons. The molecule has 176 valence electrons. The highest BCUT2D eigenvalue weighted by molar-refractivity contribution is 5.96.